The summed E-state index contributed by atoms with van der Waals surface area (Å²) in [6.07, 6.45) is 7.29. The first-order valence-electron chi connectivity index (χ1n) is 7.77. The van der Waals surface area contributed by atoms with Gasteiger partial charge in [0.2, 0.25) is 0 Å². The SMILES string of the molecule is Cl.OC(CN1CCCCC1)C1(c2ccccc2)CCC1. The minimum absolute atomic E-state index is 0. The fourth-order valence-electron chi connectivity index (χ4n) is 3.70. The Morgan fingerprint density at radius 3 is 2.20 bits per heavy atom. The molecule has 20 heavy (non-hydrogen) atoms. The number of benzene rings is 1. The average molecular weight is 296 g/mol. The molecule has 2 aliphatic rings. The highest BCUT2D eigenvalue weighted by atomic mass is 35.5. The molecule has 112 valence electrons. The Hall–Kier alpha value is -0.570. The van der Waals surface area contributed by atoms with Gasteiger partial charge in [-0.25, -0.2) is 0 Å². The number of aliphatic hydroxyl groups excluding tert-OH is 1. The van der Waals surface area contributed by atoms with Gasteiger partial charge in [0.25, 0.3) is 0 Å². The molecule has 1 aromatic rings. The molecule has 1 heterocycles. The van der Waals surface area contributed by atoms with Crippen LogP contribution in [0.2, 0.25) is 0 Å². The zero-order chi connectivity index (χ0) is 13.1. The molecule has 3 heteroatoms. The van der Waals surface area contributed by atoms with Crippen LogP contribution in [0.4, 0.5) is 0 Å². The Balaban J connectivity index is 0.00000147. The smallest absolute Gasteiger partial charge is 0.0763 e. The van der Waals surface area contributed by atoms with Crippen molar-refractivity contribution in [3.8, 4) is 0 Å². The van der Waals surface area contributed by atoms with E-state index in [9.17, 15) is 5.11 Å². The monoisotopic (exact) mass is 295 g/mol. The van der Waals surface area contributed by atoms with Crippen molar-refractivity contribution in [2.45, 2.75) is 50.0 Å². The van der Waals surface area contributed by atoms with Gasteiger partial charge in [-0.15, -0.1) is 12.4 Å². The van der Waals surface area contributed by atoms with Gasteiger partial charge < -0.3 is 10.0 Å². The van der Waals surface area contributed by atoms with Crippen LogP contribution in [-0.2, 0) is 5.41 Å². The second-order valence-electron chi connectivity index (χ2n) is 6.25. The first kappa shape index (κ1) is 15.8. The molecule has 2 nitrogen and oxygen atoms in total. The number of halogens is 1. The highest BCUT2D eigenvalue weighted by Gasteiger charge is 2.45. The number of β-amino-alcohol motifs (C(OH)–C–C–N with tert-alkyl or cyclic N) is 1. The summed E-state index contributed by atoms with van der Waals surface area (Å²) in [6.45, 7) is 3.19. The molecular weight excluding hydrogens is 270 g/mol. The van der Waals surface area contributed by atoms with Crippen LogP contribution in [0.1, 0.15) is 44.1 Å². The second kappa shape index (κ2) is 6.93. The lowest BCUT2D eigenvalue weighted by molar-refractivity contribution is -0.00126. The van der Waals surface area contributed by atoms with E-state index in [1.165, 1.54) is 44.3 Å². The van der Waals surface area contributed by atoms with Crippen LogP contribution in [0.5, 0.6) is 0 Å². The Labute approximate surface area is 128 Å². The molecule has 1 unspecified atom stereocenters. The molecule has 0 spiro atoms. The molecule has 0 bridgehead atoms. The van der Waals surface area contributed by atoms with Gasteiger partial charge in [0.15, 0.2) is 0 Å². The van der Waals surface area contributed by atoms with E-state index < -0.39 is 0 Å². The van der Waals surface area contributed by atoms with Crippen molar-refractivity contribution >= 4 is 12.4 Å². The summed E-state index contributed by atoms with van der Waals surface area (Å²) in [5.41, 5.74) is 1.38. The van der Waals surface area contributed by atoms with Crippen molar-refractivity contribution in [3.63, 3.8) is 0 Å². The molecule has 1 atom stereocenters. The van der Waals surface area contributed by atoms with E-state index in [-0.39, 0.29) is 23.9 Å². The quantitative estimate of drug-likeness (QED) is 0.920. The zero-order valence-corrected chi connectivity index (χ0v) is 12.9. The first-order valence-corrected chi connectivity index (χ1v) is 7.77. The van der Waals surface area contributed by atoms with Gasteiger partial charge in [0.1, 0.15) is 0 Å². The van der Waals surface area contributed by atoms with Crippen molar-refractivity contribution in [1.29, 1.82) is 0 Å². The highest BCUT2D eigenvalue weighted by molar-refractivity contribution is 5.85. The van der Waals surface area contributed by atoms with Crippen molar-refractivity contribution < 1.29 is 5.11 Å². The standard InChI is InChI=1S/C17H25NO.ClH/c19-16(14-18-12-5-2-6-13-18)17(10-7-11-17)15-8-3-1-4-9-15;/h1,3-4,8-9,16,19H,2,5-7,10-14H2;1H. The number of rotatable bonds is 4. The van der Waals surface area contributed by atoms with Crippen molar-refractivity contribution in [3.05, 3.63) is 35.9 Å². The molecule has 0 aromatic heterocycles. The maximum absolute atomic E-state index is 10.8. The predicted octanol–water partition coefficient (Wildman–Crippen LogP) is 3.38. The molecule has 1 aliphatic carbocycles. The van der Waals surface area contributed by atoms with Crippen LogP contribution in [0.25, 0.3) is 0 Å². The van der Waals surface area contributed by atoms with E-state index in [4.69, 9.17) is 0 Å². The zero-order valence-electron chi connectivity index (χ0n) is 12.1. The number of nitrogens with zero attached hydrogens (tertiary/aromatic N) is 1. The Bertz CT molecular complexity index is 399. The number of aliphatic hydroxyl groups is 1. The van der Waals surface area contributed by atoms with Crippen molar-refractivity contribution in [2.24, 2.45) is 0 Å². The Morgan fingerprint density at radius 2 is 1.65 bits per heavy atom. The summed E-state index contributed by atoms with van der Waals surface area (Å²) in [6, 6.07) is 10.6. The largest absolute Gasteiger partial charge is 0.391 e. The molecule has 3 rings (SSSR count). The summed E-state index contributed by atoms with van der Waals surface area (Å²) >= 11 is 0. The van der Waals surface area contributed by atoms with E-state index in [0.29, 0.717) is 0 Å². The third-order valence-electron chi connectivity index (χ3n) is 5.11. The average Bonchev–Trinajstić information content (AvgIpc) is 2.40. The number of likely N-dealkylation sites (tertiary alicyclic amines) is 1. The summed E-state index contributed by atoms with van der Waals surface area (Å²) in [7, 11) is 0. The van der Waals surface area contributed by atoms with E-state index >= 15 is 0 Å². The van der Waals surface area contributed by atoms with Gasteiger partial charge in [0.05, 0.1) is 6.10 Å². The predicted molar refractivity (Wildman–Crippen MR) is 85.5 cm³/mol. The maximum atomic E-state index is 10.8. The number of hydrogen-bond donors (Lipinski definition) is 1. The summed E-state index contributed by atoms with van der Waals surface area (Å²) in [4.78, 5) is 2.46. The van der Waals surface area contributed by atoms with E-state index in [1.807, 2.05) is 0 Å². The molecule has 2 fully saturated rings. The van der Waals surface area contributed by atoms with Crippen molar-refractivity contribution in [2.75, 3.05) is 19.6 Å². The molecular formula is C17H26ClNO. The van der Waals surface area contributed by atoms with Gasteiger partial charge in [-0.1, -0.05) is 43.2 Å². The van der Waals surface area contributed by atoms with Crippen LogP contribution in [0.3, 0.4) is 0 Å². The fraction of sp³-hybridized carbons (Fsp3) is 0.647. The minimum Gasteiger partial charge on any atom is -0.391 e. The normalized spacial score (nSPS) is 23.4. The maximum Gasteiger partial charge on any atom is 0.0763 e. The molecule has 1 saturated heterocycles. The number of hydrogen-bond acceptors (Lipinski definition) is 2. The van der Waals surface area contributed by atoms with Crippen LogP contribution < -0.4 is 0 Å². The summed E-state index contributed by atoms with van der Waals surface area (Å²) in [5, 5.41) is 10.8. The minimum atomic E-state index is -0.207. The van der Waals surface area contributed by atoms with E-state index in [2.05, 4.69) is 35.2 Å². The van der Waals surface area contributed by atoms with Gasteiger partial charge in [-0.3, -0.25) is 0 Å². The first-order chi connectivity index (χ1) is 9.31. The van der Waals surface area contributed by atoms with E-state index in [1.54, 1.807) is 0 Å². The second-order valence-corrected chi connectivity index (χ2v) is 6.25. The molecule has 1 saturated carbocycles. The lowest BCUT2D eigenvalue weighted by Gasteiger charge is -2.47. The Morgan fingerprint density at radius 1 is 1.00 bits per heavy atom. The van der Waals surface area contributed by atoms with Crippen LogP contribution in [0.15, 0.2) is 30.3 Å². The third-order valence-corrected chi connectivity index (χ3v) is 5.11. The van der Waals surface area contributed by atoms with Gasteiger partial charge >= 0.3 is 0 Å². The number of piperidine rings is 1. The van der Waals surface area contributed by atoms with Crippen LogP contribution in [0, 0.1) is 0 Å². The molecule has 1 aliphatic heterocycles. The fourth-order valence-corrected chi connectivity index (χ4v) is 3.70. The molecule has 0 amide bonds. The lowest BCUT2D eigenvalue weighted by Crippen LogP contribution is -2.51. The molecule has 0 radical (unpaired) electrons. The van der Waals surface area contributed by atoms with Gasteiger partial charge in [-0.05, 0) is 44.3 Å². The van der Waals surface area contributed by atoms with E-state index in [0.717, 1.165) is 19.4 Å². The Kier molecular flexibility index (Phi) is 5.48. The van der Waals surface area contributed by atoms with Crippen molar-refractivity contribution in [1.82, 2.24) is 4.90 Å². The summed E-state index contributed by atoms with van der Waals surface area (Å²) < 4.78 is 0. The third kappa shape index (κ3) is 3.03. The lowest BCUT2D eigenvalue weighted by atomic mass is 9.61. The van der Waals surface area contributed by atoms with Gasteiger partial charge in [0, 0.05) is 12.0 Å². The van der Waals surface area contributed by atoms with Crippen LogP contribution >= 0.6 is 12.4 Å². The molecule has 1 N–H and O–H groups in total. The van der Waals surface area contributed by atoms with Crippen LogP contribution in [-0.4, -0.2) is 35.7 Å². The topological polar surface area (TPSA) is 23.5 Å². The molecule has 1 aromatic carbocycles. The highest BCUT2D eigenvalue weighted by Crippen LogP contribution is 2.46. The van der Waals surface area contributed by atoms with Gasteiger partial charge in [-0.2, -0.15) is 0 Å². The summed E-state index contributed by atoms with van der Waals surface area (Å²) in [5.74, 6) is 0.